The number of pyridine rings is 1. The Bertz CT molecular complexity index is 898. The minimum absolute atomic E-state index is 0.179. The molecule has 0 aliphatic carbocycles. The van der Waals surface area contributed by atoms with Gasteiger partial charge < -0.3 is 19.5 Å². The minimum atomic E-state index is -0.526. The number of amides is 1. The van der Waals surface area contributed by atoms with E-state index in [2.05, 4.69) is 25.7 Å². The molecule has 1 amide bonds. The molecule has 0 saturated carbocycles. The molecule has 0 unspecified atom stereocenters. The third-order valence-electron chi connectivity index (χ3n) is 5.55. The zero-order chi connectivity index (χ0) is 20.7. The number of carbonyl (C=O) groups is 1. The van der Waals surface area contributed by atoms with Crippen molar-refractivity contribution >= 4 is 16.8 Å². The summed E-state index contributed by atoms with van der Waals surface area (Å²) in [6.45, 7) is 14.4. The van der Waals surface area contributed by atoms with Crippen molar-refractivity contribution in [3.05, 3.63) is 52.8 Å². The minimum Gasteiger partial charge on any atom is -0.506 e. The van der Waals surface area contributed by atoms with Crippen LogP contribution in [0.3, 0.4) is 0 Å². The average molecular weight is 387 g/mol. The maximum absolute atomic E-state index is 12.9. The van der Waals surface area contributed by atoms with Crippen LogP contribution in [0.1, 0.15) is 37.6 Å². The van der Waals surface area contributed by atoms with E-state index in [0.717, 1.165) is 37.1 Å². The maximum atomic E-state index is 12.9. The molecular formula is C22H32N3O3+. The summed E-state index contributed by atoms with van der Waals surface area (Å²) in [6.07, 6.45) is 2.65. The molecule has 0 aliphatic heterocycles. The molecule has 1 aromatic heterocycles. The molecule has 2 aromatic rings. The molecule has 0 spiro atoms. The average Bonchev–Trinajstić information content (AvgIpc) is 2.70. The van der Waals surface area contributed by atoms with Gasteiger partial charge in [0, 0.05) is 11.9 Å². The van der Waals surface area contributed by atoms with E-state index in [1.807, 2.05) is 19.1 Å². The van der Waals surface area contributed by atoms with E-state index in [1.165, 1.54) is 0 Å². The van der Waals surface area contributed by atoms with Gasteiger partial charge in [0.15, 0.2) is 0 Å². The fraction of sp³-hybridized carbons (Fsp3) is 0.455. The van der Waals surface area contributed by atoms with Gasteiger partial charge in [-0.05, 0) is 38.5 Å². The van der Waals surface area contributed by atoms with Crippen LogP contribution in [0.15, 0.2) is 41.7 Å². The second-order valence-electron chi connectivity index (χ2n) is 7.12. The molecule has 0 aliphatic rings. The zero-order valence-corrected chi connectivity index (χ0v) is 17.2. The first-order valence-electron chi connectivity index (χ1n) is 10.0. The number of benzene rings is 1. The Morgan fingerprint density at radius 1 is 1.25 bits per heavy atom. The van der Waals surface area contributed by atoms with Gasteiger partial charge in [0.25, 0.3) is 11.5 Å². The summed E-state index contributed by atoms with van der Waals surface area (Å²) in [7, 11) is 0. The Labute approximate surface area is 166 Å². The summed E-state index contributed by atoms with van der Waals surface area (Å²) in [5.74, 6) is -0.773. The van der Waals surface area contributed by atoms with E-state index in [1.54, 1.807) is 22.8 Å². The zero-order valence-electron chi connectivity index (χ0n) is 17.2. The molecule has 2 N–H and O–H groups in total. The quantitative estimate of drug-likeness (QED) is 0.487. The molecule has 0 radical (unpaired) electrons. The van der Waals surface area contributed by atoms with Crippen molar-refractivity contribution in [3.8, 4) is 5.75 Å². The Kier molecular flexibility index (Phi) is 7.40. The number of nitrogens with one attached hydrogen (secondary N) is 1. The second kappa shape index (κ2) is 9.55. The number of nitrogens with zero attached hydrogens (tertiary/aromatic N) is 2. The van der Waals surface area contributed by atoms with Gasteiger partial charge in [-0.1, -0.05) is 25.6 Å². The van der Waals surface area contributed by atoms with Crippen LogP contribution in [-0.2, 0) is 6.54 Å². The Hall–Kier alpha value is -2.60. The fourth-order valence-electron chi connectivity index (χ4n) is 3.70. The standard InChI is InChI=1S/C22H31N3O3/c1-5-14-24-18-12-10-9-11-17(18)20(26)19(22(24)28)21(27)23-13-16-25(7-3,8-4)15-6-2/h6,9-12H,2,5,7-8,13-16H2,1,3-4H3,(H-,23,26,27,28)/p+1. The fourth-order valence-corrected chi connectivity index (χ4v) is 3.70. The van der Waals surface area contributed by atoms with Crippen molar-refractivity contribution in [1.82, 2.24) is 9.88 Å². The first-order valence-corrected chi connectivity index (χ1v) is 10.0. The molecule has 152 valence electrons. The number of rotatable bonds is 10. The SMILES string of the molecule is C=CC[N+](CC)(CC)CCNC(=O)c1c(O)c2ccccc2n(CCC)c1=O. The molecule has 6 nitrogen and oxygen atoms in total. The highest BCUT2D eigenvalue weighted by Crippen LogP contribution is 2.26. The Morgan fingerprint density at radius 3 is 2.54 bits per heavy atom. The molecule has 0 saturated heterocycles. The van der Waals surface area contributed by atoms with Crippen LogP contribution in [0.25, 0.3) is 10.9 Å². The smallest absolute Gasteiger partial charge is 0.267 e. The summed E-state index contributed by atoms with van der Waals surface area (Å²) in [5.41, 5.74) is 0.0115. The van der Waals surface area contributed by atoms with Gasteiger partial charge in [-0.25, -0.2) is 0 Å². The molecular weight excluding hydrogens is 354 g/mol. The Balaban J connectivity index is 2.33. The molecule has 0 bridgehead atoms. The van der Waals surface area contributed by atoms with Gasteiger partial charge in [0.2, 0.25) is 0 Å². The number of aromatic hydroxyl groups is 1. The van der Waals surface area contributed by atoms with E-state index < -0.39 is 11.5 Å². The summed E-state index contributed by atoms with van der Waals surface area (Å²) < 4.78 is 2.38. The van der Waals surface area contributed by atoms with E-state index in [0.29, 0.717) is 24.0 Å². The highest BCUT2D eigenvalue weighted by Gasteiger charge is 2.24. The number of fused-ring (bicyclic) bond motifs is 1. The molecule has 6 heteroatoms. The molecule has 1 heterocycles. The number of quaternary nitrogens is 1. The predicted molar refractivity (Wildman–Crippen MR) is 114 cm³/mol. The number of likely N-dealkylation sites (N-methyl/N-ethyl adjacent to an activating group) is 1. The van der Waals surface area contributed by atoms with Crippen molar-refractivity contribution in [1.29, 1.82) is 0 Å². The van der Waals surface area contributed by atoms with Gasteiger partial charge in [0.05, 0.1) is 38.2 Å². The maximum Gasteiger partial charge on any atom is 0.267 e. The van der Waals surface area contributed by atoms with Crippen LogP contribution in [0.5, 0.6) is 5.75 Å². The lowest BCUT2D eigenvalue weighted by Crippen LogP contribution is -2.52. The van der Waals surface area contributed by atoms with E-state index in [-0.39, 0.29) is 11.3 Å². The second-order valence-corrected chi connectivity index (χ2v) is 7.12. The topological polar surface area (TPSA) is 71.3 Å². The summed E-state index contributed by atoms with van der Waals surface area (Å²) >= 11 is 0. The summed E-state index contributed by atoms with van der Waals surface area (Å²) in [4.78, 5) is 25.7. The van der Waals surface area contributed by atoms with Crippen LogP contribution in [0.2, 0.25) is 0 Å². The first-order chi connectivity index (χ1) is 13.4. The highest BCUT2D eigenvalue weighted by molar-refractivity contribution is 6.02. The summed E-state index contributed by atoms with van der Waals surface area (Å²) in [6, 6.07) is 7.12. The van der Waals surface area contributed by atoms with E-state index in [4.69, 9.17) is 0 Å². The van der Waals surface area contributed by atoms with Gasteiger partial charge in [-0.3, -0.25) is 9.59 Å². The summed E-state index contributed by atoms with van der Waals surface area (Å²) in [5, 5.41) is 14.0. The lowest BCUT2D eigenvalue weighted by atomic mass is 10.1. The van der Waals surface area contributed by atoms with Crippen LogP contribution < -0.4 is 10.9 Å². The number of hydrogen-bond donors (Lipinski definition) is 2. The lowest BCUT2D eigenvalue weighted by Gasteiger charge is -2.35. The first kappa shape index (κ1) is 21.7. The van der Waals surface area contributed by atoms with Crippen LogP contribution in [0.4, 0.5) is 0 Å². The number of aryl methyl sites for hydroxylation is 1. The highest BCUT2D eigenvalue weighted by atomic mass is 16.3. The molecule has 28 heavy (non-hydrogen) atoms. The van der Waals surface area contributed by atoms with E-state index >= 15 is 0 Å². The van der Waals surface area contributed by atoms with Crippen molar-refractivity contribution in [3.63, 3.8) is 0 Å². The Morgan fingerprint density at radius 2 is 1.93 bits per heavy atom. The molecule has 0 fully saturated rings. The number of para-hydroxylation sites is 1. The molecule has 1 aromatic carbocycles. The van der Waals surface area contributed by atoms with Crippen molar-refractivity contribution in [2.45, 2.75) is 33.7 Å². The third-order valence-corrected chi connectivity index (χ3v) is 5.55. The van der Waals surface area contributed by atoms with Gasteiger partial charge in [0.1, 0.15) is 11.3 Å². The number of hydrogen-bond acceptors (Lipinski definition) is 3. The molecule has 0 atom stereocenters. The van der Waals surface area contributed by atoms with Crippen molar-refractivity contribution in [2.75, 3.05) is 32.7 Å². The lowest BCUT2D eigenvalue weighted by molar-refractivity contribution is -0.918. The van der Waals surface area contributed by atoms with Gasteiger partial charge in [-0.15, -0.1) is 0 Å². The predicted octanol–water partition coefficient (Wildman–Crippen LogP) is 2.89. The molecule has 2 rings (SSSR count). The van der Waals surface area contributed by atoms with Crippen LogP contribution in [-0.4, -0.2) is 52.8 Å². The van der Waals surface area contributed by atoms with Gasteiger partial charge in [-0.2, -0.15) is 0 Å². The number of aromatic nitrogens is 1. The monoisotopic (exact) mass is 386 g/mol. The number of carbonyl (C=O) groups excluding carboxylic acids is 1. The van der Waals surface area contributed by atoms with Gasteiger partial charge >= 0.3 is 0 Å². The van der Waals surface area contributed by atoms with E-state index in [9.17, 15) is 14.7 Å². The van der Waals surface area contributed by atoms with Crippen LogP contribution in [0, 0.1) is 0 Å². The van der Waals surface area contributed by atoms with Crippen molar-refractivity contribution < 1.29 is 14.4 Å². The normalized spacial score (nSPS) is 11.5. The van der Waals surface area contributed by atoms with Crippen LogP contribution >= 0.6 is 0 Å². The van der Waals surface area contributed by atoms with Crippen molar-refractivity contribution in [2.24, 2.45) is 0 Å². The largest absolute Gasteiger partial charge is 0.506 e. The third kappa shape index (κ3) is 4.28.